The zero-order valence-electron chi connectivity index (χ0n) is 16.1. The quantitative estimate of drug-likeness (QED) is 0.582. The number of nitrogens with one attached hydrogen (secondary N) is 1. The topological polar surface area (TPSA) is 65.8 Å². The summed E-state index contributed by atoms with van der Waals surface area (Å²) in [5.74, 6) is 0.162. The Morgan fingerprint density at radius 1 is 1.28 bits per heavy atom. The van der Waals surface area contributed by atoms with E-state index in [9.17, 15) is 10.1 Å². The Hall–Kier alpha value is -2.62. The Morgan fingerprint density at radius 3 is 2.83 bits per heavy atom. The van der Waals surface area contributed by atoms with Gasteiger partial charge in [0, 0.05) is 10.6 Å². The molecular formula is C23H21N3OS2. The second kappa shape index (κ2) is 8.81. The largest absolute Gasteiger partial charge is 0.344 e. The molecule has 29 heavy (non-hydrogen) atoms. The van der Waals surface area contributed by atoms with Crippen LogP contribution in [0.5, 0.6) is 0 Å². The number of pyridine rings is 1. The molecule has 2 heterocycles. The highest BCUT2D eigenvalue weighted by molar-refractivity contribution is 8.00. The molecule has 146 valence electrons. The maximum absolute atomic E-state index is 12.8. The molecule has 4 nitrogen and oxygen atoms in total. The number of carbonyl (C=O) groups is 1. The maximum atomic E-state index is 12.8. The van der Waals surface area contributed by atoms with Crippen molar-refractivity contribution in [1.82, 2.24) is 10.3 Å². The molecule has 0 saturated heterocycles. The summed E-state index contributed by atoms with van der Waals surface area (Å²) in [7, 11) is 0. The molecule has 0 radical (unpaired) electrons. The number of hydrogen-bond acceptors (Lipinski definition) is 5. The van der Waals surface area contributed by atoms with Gasteiger partial charge in [-0.05, 0) is 54.3 Å². The highest BCUT2D eigenvalue weighted by atomic mass is 32.2. The van der Waals surface area contributed by atoms with Crippen molar-refractivity contribution >= 4 is 29.0 Å². The molecule has 1 atom stereocenters. The van der Waals surface area contributed by atoms with Gasteiger partial charge in [0.1, 0.15) is 11.1 Å². The normalized spacial score (nSPS) is 13.5. The Bertz CT molecular complexity index is 1060. The first-order valence-electron chi connectivity index (χ1n) is 9.60. The number of nitriles is 1. The molecule has 1 unspecified atom stereocenters. The molecular weight excluding hydrogens is 398 g/mol. The minimum atomic E-state index is -0.172. The highest BCUT2D eigenvalue weighted by Crippen LogP contribution is 2.32. The molecule has 1 aromatic carbocycles. The number of aromatic nitrogens is 1. The van der Waals surface area contributed by atoms with Gasteiger partial charge < -0.3 is 5.32 Å². The molecule has 1 amide bonds. The van der Waals surface area contributed by atoms with Crippen LogP contribution in [-0.4, -0.2) is 16.6 Å². The van der Waals surface area contributed by atoms with E-state index in [2.05, 4.69) is 11.4 Å². The maximum Gasteiger partial charge on any atom is 0.231 e. The van der Waals surface area contributed by atoms with Crippen molar-refractivity contribution in [1.29, 1.82) is 5.26 Å². The molecule has 0 saturated carbocycles. The highest BCUT2D eigenvalue weighted by Gasteiger charge is 2.22. The van der Waals surface area contributed by atoms with Crippen molar-refractivity contribution < 1.29 is 4.79 Å². The molecule has 6 heteroatoms. The van der Waals surface area contributed by atoms with Crippen LogP contribution < -0.4 is 5.32 Å². The van der Waals surface area contributed by atoms with Crippen molar-refractivity contribution in [3.63, 3.8) is 0 Å². The number of carbonyl (C=O) groups excluding carboxylic acids is 1. The van der Waals surface area contributed by atoms with E-state index >= 15 is 0 Å². The zero-order valence-corrected chi connectivity index (χ0v) is 17.8. The van der Waals surface area contributed by atoms with Crippen LogP contribution in [0, 0.1) is 18.3 Å². The van der Waals surface area contributed by atoms with Crippen molar-refractivity contribution in [3.05, 3.63) is 80.7 Å². The lowest BCUT2D eigenvalue weighted by molar-refractivity contribution is -0.119. The molecule has 0 fully saturated rings. The van der Waals surface area contributed by atoms with E-state index < -0.39 is 0 Å². The molecule has 3 aromatic rings. The zero-order chi connectivity index (χ0) is 20.2. The molecule has 0 spiro atoms. The summed E-state index contributed by atoms with van der Waals surface area (Å²) in [6.07, 6.45) is 3.03. The second-order valence-corrected chi connectivity index (χ2v) is 8.97. The number of rotatable bonds is 6. The first-order valence-corrected chi connectivity index (χ1v) is 11.5. The Labute approximate surface area is 179 Å². The van der Waals surface area contributed by atoms with Gasteiger partial charge in [-0.3, -0.25) is 4.79 Å². The van der Waals surface area contributed by atoms with Crippen LogP contribution in [0.25, 0.3) is 0 Å². The summed E-state index contributed by atoms with van der Waals surface area (Å²) in [6, 6.07) is 16.1. The number of nitrogens with zero attached hydrogens (tertiary/aromatic N) is 2. The lowest BCUT2D eigenvalue weighted by Gasteiger charge is -2.18. The van der Waals surface area contributed by atoms with Gasteiger partial charge in [0.05, 0.1) is 17.4 Å². The van der Waals surface area contributed by atoms with Crippen LogP contribution in [0.1, 0.15) is 45.3 Å². The van der Waals surface area contributed by atoms with Gasteiger partial charge in [-0.25, -0.2) is 4.98 Å². The predicted octanol–water partition coefficient (Wildman–Crippen LogP) is 4.81. The number of thioether (sulfide) groups is 1. The Morgan fingerprint density at radius 2 is 2.10 bits per heavy atom. The van der Waals surface area contributed by atoms with Gasteiger partial charge in [0.15, 0.2) is 0 Å². The minimum absolute atomic E-state index is 0.0684. The summed E-state index contributed by atoms with van der Waals surface area (Å²) in [5, 5.41) is 15.5. The number of benzene rings is 1. The van der Waals surface area contributed by atoms with E-state index in [1.54, 1.807) is 11.3 Å². The third-order valence-electron chi connectivity index (χ3n) is 5.18. The van der Waals surface area contributed by atoms with Crippen molar-refractivity contribution in [2.24, 2.45) is 0 Å². The molecule has 1 N–H and O–H groups in total. The fraction of sp³-hybridized carbons (Fsp3) is 0.261. The number of hydrogen-bond donors (Lipinski definition) is 1. The first kappa shape index (κ1) is 19.7. The first-order chi connectivity index (χ1) is 14.2. The summed E-state index contributed by atoms with van der Waals surface area (Å²) in [4.78, 5) is 18.6. The van der Waals surface area contributed by atoms with Crippen LogP contribution in [0.3, 0.4) is 0 Å². The molecule has 4 rings (SSSR count). The molecule has 0 aliphatic heterocycles. The van der Waals surface area contributed by atoms with Gasteiger partial charge in [0.2, 0.25) is 5.91 Å². The number of aryl methyl sites for hydroxylation is 1. The number of fused-ring (bicyclic) bond motifs is 1. The fourth-order valence-electron chi connectivity index (χ4n) is 3.74. The smallest absolute Gasteiger partial charge is 0.231 e. The summed E-state index contributed by atoms with van der Waals surface area (Å²) < 4.78 is 0. The van der Waals surface area contributed by atoms with E-state index in [0.717, 1.165) is 41.0 Å². The van der Waals surface area contributed by atoms with E-state index in [0.29, 0.717) is 10.6 Å². The van der Waals surface area contributed by atoms with Gasteiger partial charge in [0.25, 0.3) is 0 Å². The molecule has 2 aromatic heterocycles. The van der Waals surface area contributed by atoms with Crippen LogP contribution in [0.4, 0.5) is 0 Å². The van der Waals surface area contributed by atoms with Crippen LogP contribution in [-0.2, 0) is 17.6 Å². The van der Waals surface area contributed by atoms with Crippen molar-refractivity contribution in [2.75, 3.05) is 5.75 Å². The lowest BCUT2D eigenvalue weighted by Crippen LogP contribution is -2.30. The number of amides is 1. The van der Waals surface area contributed by atoms with E-state index in [1.807, 2.05) is 54.8 Å². The average Bonchev–Trinajstić information content (AvgIpc) is 3.43. The lowest BCUT2D eigenvalue weighted by atomic mass is 10.0. The monoisotopic (exact) mass is 419 g/mol. The van der Waals surface area contributed by atoms with E-state index in [-0.39, 0.29) is 17.7 Å². The minimum Gasteiger partial charge on any atom is -0.344 e. The summed E-state index contributed by atoms with van der Waals surface area (Å²) >= 11 is 2.98. The van der Waals surface area contributed by atoms with Crippen molar-refractivity contribution in [3.8, 4) is 6.07 Å². The van der Waals surface area contributed by atoms with E-state index in [4.69, 9.17) is 4.98 Å². The van der Waals surface area contributed by atoms with Crippen molar-refractivity contribution in [2.45, 2.75) is 37.3 Å². The SMILES string of the molecule is Cc1c(C#N)c(SCC(=O)NC(c2ccccc2)c2cccs2)nc2c1CCC2. The van der Waals surface area contributed by atoms with Gasteiger partial charge >= 0.3 is 0 Å². The third kappa shape index (κ3) is 4.21. The van der Waals surface area contributed by atoms with E-state index in [1.165, 1.54) is 17.3 Å². The summed E-state index contributed by atoms with van der Waals surface area (Å²) in [6.45, 7) is 2.00. The van der Waals surface area contributed by atoms with Gasteiger partial charge in [-0.1, -0.05) is 48.2 Å². The standard InChI is InChI=1S/C23H21N3OS2/c1-15-17-9-5-10-19(17)25-23(18(15)13-24)29-14-21(27)26-22(20-11-6-12-28-20)16-7-3-2-4-8-16/h2-4,6-8,11-12,22H,5,9-10,14H2,1H3,(H,26,27). The third-order valence-corrected chi connectivity index (χ3v) is 7.10. The Kier molecular flexibility index (Phi) is 5.98. The van der Waals surface area contributed by atoms with Gasteiger partial charge in [-0.15, -0.1) is 11.3 Å². The molecule has 1 aliphatic carbocycles. The molecule has 0 bridgehead atoms. The number of thiophene rings is 1. The Balaban J connectivity index is 1.50. The summed E-state index contributed by atoms with van der Waals surface area (Å²) in [5.41, 5.74) is 5.00. The van der Waals surface area contributed by atoms with Crippen LogP contribution in [0.15, 0.2) is 52.9 Å². The van der Waals surface area contributed by atoms with Gasteiger partial charge in [-0.2, -0.15) is 5.26 Å². The molecule has 1 aliphatic rings. The predicted molar refractivity (Wildman–Crippen MR) is 117 cm³/mol. The second-order valence-electron chi connectivity index (χ2n) is 7.02. The fourth-order valence-corrected chi connectivity index (χ4v) is 5.41. The van der Waals surface area contributed by atoms with Crippen LogP contribution in [0.2, 0.25) is 0 Å². The van der Waals surface area contributed by atoms with Crippen LogP contribution >= 0.6 is 23.1 Å². The average molecular weight is 420 g/mol.